The van der Waals surface area contributed by atoms with Crippen LogP contribution in [0.3, 0.4) is 0 Å². The summed E-state index contributed by atoms with van der Waals surface area (Å²) < 4.78 is 7.16. The van der Waals surface area contributed by atoms with E-state index in [1.54, 1.807) is 0 Å². The second-order valence-electron chi connectivity index (χ2n) is 3.22. The summed E-state index contributed by atoms with van der Waals surface area (Å²) in [7, 11) is 0. The first kappa shape index (κ1) is 11.6. The van der Waals surface area contributed by atoms with Gasteiger partial charge in [0.2, 0.25) is 0 Å². The first-order valence-electron chi connectivity index (χ1n) is 4.74. The molecule has 2 aromatic rings. The summed E-state index contributed by atoms with van der Waals surface area (Å²) in [6.07, 6.45) is 0. The molecule has 2 rings (SSSR count). The molecule has 0 aliphatic heterocycles. The van der Waals surface area contributed by atoms with E-state index in [2.05, 4.69) is 36.8 Å². The molecule has 1 heterocycles. The minimum atomic E-state index is 0.559. The zero-order valence-corrected chi connectivity index (χ0v) is 11.5. The maximum Gasteiger partial charge on any atom is 0.125 e. The van der Waals surface area contributed by atoms with Gasteiger partial charge in [0.1, 0.15) is 21.6 Å². The van der Waals surface area contributed by atoms with Gasteiger partial charge >= 0.3 is 0 Å². The molecule has 82 valence electrons. The van der Waals surface area contributed by atoms with E-state index in [1.807, 2.05) is 42.5 Å². The number of halogens is 2. The molecule has 2 nitrogen and oxygen atoms in total. The molecule has 0 radical (unpaired) electrons. The van der Waals surface area contributed by atoms with E-state index in [0.717, 1.165) is 20.5 Å². The van der Waals surface area contributed by atoms with Gasteiger partial charge in [-0.15, -0.1) is 0 Å². The van der Waals surface area contributed by atoms with Gasteiger partial charge in [-0.1, -0.05) is 30.3 Å². The Morgan fingerprint density at radius 3 is 2.25 bits per heavy atom. The highest BCUT2D eigenvalue weighted by Crippen LogP contribution is 2.22. The van der Waals surface area contributed by atoms with Crippen LogP contribution in [0.5, 0.6) is 5.75 Å². The van der Waals surface area contributed by atoms with Gasteiger partial charge in [-0.3, -0.25) is 0 Å². The Hall–Kier alpha value is -0.870. The predicted molar refractivity (Wildman–Crippen MR) is 70.4 cm³/mol. The van der Waals surface area contributed by atoms with Gasteiger partial charge < -0.3 is 4.74 Å². The van der Waals surface area contributed by atoms with Crippen LogP contribution in [-0.4, -0.2) is 4.98 Å². The van der Waals surface area contributed by atoms with Crippen molar-refractivity contribution in [3.63, 3.8) is 0 Å². The highest BCUT2D eigenvalue weighted by atomic mass is 79.9. The standard InChI is InChI=1S/C12H9Br2NO/c13-11-6-10(7-12(14)15-11)16-8-9-4-2-1-3-5-9/h1-7H,8H2. The highest BCUT2D eigenvalue weighted by molar-refractivity contribution is 9.11. The molecule has 0 saturated carbocycles. The minimum absolute atomic E-state index is 0.559. The van der Waals surface area contributed by atoms with Crippen LogP contribution in [0.4, 0.5) is 0 Å². The number of benzene rings is 1. The number of hydrogen-bond acceptors (Lipinski definition) is 2. The molecule has 16 heavy (non-hydrogen) atoms. The number of hydrogen-bond donors (Lipinski definition) is 0. The van der Waals surface area contributed by atoms with Crippen molar-refractivity contribution >= 4 is 31.9 Å². The van der Waals surface area contributed by atoms with Crippen molar-refractivity contribution in [1.82, 2.24) is 4.98 Å². The van der Waals surface area contributed by atoms with Gasteiger partial charge in [0.25, 0.3) is 0 Å². The Labute approximate surface area is 111 Å². The monoisotopic (exact) mass is 341 g/mol. The summed E-state index contributed by atoms with van der Waals surface area (Å²) in [5.41, 5.74) is 1.14. The molecule has 0 amide bonds. The Balaban J connectivity index is 2.05. The van der Waals surface area contributed by atoms with Crippen molar-refractivity contribution in [1.29, 1.82) is 0 Å². The molecule has 0 unspecified atom stereocenters. The third kappa shape index (κ3) is 3.32. The Morgan fingerprint density at radius 2 is 1.62 bits per heavy atom. The van der Waals surface area contributed by atoms with Crippen LogP contribution >= 0.6 is 31.9 Å². The van der Waals surface area contributed by atoms with Crippen LogP contribution in [0.15, 0.2) is 51.7 Å². The summed E-state index contributed by atoms with van der Waals surface area (Å²) >= 11 is 6.64. The fourth-order valence-corrected chi connectivity index (χ4v) is 2.34. The van der Waals surface area contributed by atoms with Gasteiger partial charge in [0.05, 0.1) is 0 Å². The lowest BCUT2D eigenvalue weighted by Crippen LogP contribution is -1.95. The fraction of sp³-hybridized carbons (Fsp3) is 0.0833. The van der Waals surface area contributed by atoms with E-state index < -0.39 is 0 Å². The summed E-state index contributed by atoms with van der Waals surface area (Å²) in [5, 5.41) is 0. The smallest absolute Gasteiger partial charge is 0.125 e. The number of ether oxygens (including phenoxy) is 1. The first-order valence-corrected chi connectivity index (χ1v) is 6.32. The Bertz CT molecular complexity index is 453. The van der Waals surface area contributed by atoms with Gasteiger partial charge in [-0.2, -0.15) is 0 Å². The van der Waals surface area contributed by atoms with Crippen molar-refractivity contribution in [2.45, 2.75) is 6.61 Å². The quantitative estimate of drug-likeness (QED) is 0.780. The van der Waals surface area contributed by atoms with Crippen LogP contribution in [0, 0.1) is 0 Å². The van der Waals surface area contributed by atoms with E-state index in [9.17, 15) is 0 Å². The third-order valence-corrected chi connectivity index (χ3v) is 2.80. The number of nitrogens with zero attached hydrogens (tertiary/aromatic N) is 1. The van der Waals surface area contributed by atoms with E-state index in [0.29, 0.717) is 6.61 Å². The third-order valence-electron chi connectivity index (χ3n) is 1.98. The van der Waals surface area contributed by atoms with Crippen molar-refractivity contribution in [3.8, 4) is 5.75 Å². The SMILES string of the molecule is Brc1cc(OCc2ccccc2)cc(Br)n1. The molecule has 0 N–H and O–H groups in total. The molecule has 0 bridgehead atoms. The lowest BCUT2D eigenvalue weighted by molar-refractivity contribution is 0.305. The summed E-state index contributed by atoms with van der Waals surface area (Å²) in [6.45, 7) is 0.559. The van der Waals surface area contributed by atoms with E-state index >= 15 is 0 Å². The molecule has 0 aliphatic rings. The van der Waals surface area contributed by atoms with Gasteiger partial charge in [0.15, 0.2) is 0 Å². The Morgan fingerprint density at radius 1 is 1.00 bits per heavy atom. The molecule has 1 aromatic carbocycles. The second-order valence-corrected chi connectivity index (χ2v) is 4.85. The lowest BCUT2D eigenvalue weighted by atomic mass is 10.2. The first-order chi connectivity index (χ1) is 7.74. The maximum atomic E-state index is 5.65. The van der Waals surface area contributed by atoms with Crippen LogP contribution in [0.2, 0.25) is 0 Å². The average Bonchev–Trinajstić information content (AvgIpc) is 2.27. The highest BCUT2D eigenvalue weighted by Gasteiger charge is 2.00. The molecule has 0 saturated heterocycles. The van der Waals surface area contributed by atoms with Gasteiger partial charge in [-0.25, -0.2) is 4.98 Å². The van der Waals surface area contributed by atoms with Crippen molar-refractivity contribution in [2.75, 3.05) is 0 Å². The van der Waals surface area contributed by atoms with E-state index in [-0.39, 0.29) is 0 Å². The van der Waals surface area contributed by atoms with Crippen LogP contribution in [0.25, 0.3) is 0 Å². The Kier molecular flexibility index (Phi) is 3.96. The topological polar surface area (TPSA) is 22.1 Å². The van der Waals surface area contributed by atoms with Crippen LogP contribution in [0.1, 0.15) is 5.56 Å². The molecular formula is C12H9Br2NO. The summed E-state index contributed by atoms with van der Waals surface area (Å²) in [4.78, 5) is 4.14. The minimum Gasteiger partial charge on any atom is -0.489 e. The molecule has 0 atom stereocenters. The summed E-state index contributed by atoms with van der Waals surface area (Å²) in [5.74, 6) is 0.789. The van der Waals surface area contributed by atoms with Gasteiger partial charge in [-0.05, 0) is 37.4 Å². The molecule has 0 fully saturated rings. The predicted octanol–water partition coefficient (Wildman–Crippen LogP) is 4.19. The molecule has 1 aromatic heterocycles. The van der Waals surface area contributed by atoms with E-state index in [1.165, 1.54) is 0 Å². The average molecular weight is 343 g/mol. The number of rotatable bonds is 3. The fourth-order valence-electron chi connectivity index (χ4n) is 1.27. The van der Waals surface area contributed by atoms with Crippen LogP contribution < -0.4 is 4.74 Å². The molecule has 4 heteroatoms. The van der Waals surface area contributed by atoms with Crippen LogP contribution in [-0.2, 0) is 6.61 Å². The van der Waals surface area contributed by atoms with Crippen molar-refractivity contribution in [2.24, 2.45) is 0 Å². The number of pyridine rings is 1. The molecule has 0 spiro atoms. The normalized spacial score (nSPS) is 10.1. The van der Waals surface area contributed by atoms with Crippen molar-refractivity contribution in [3.05, 3.63) is 57.2 Å². The lowest BCUT2D eigenvalue weighted by Gasteiger charge is -2.06. The molecule has 0 aliphatic carbocycles. The summed E-state index contributed by atoms with van der Waals surface area (Å²) in [6, 6.07) is 13.7. The zero-order valence-electron chi connectivity index (χ0n) is 8.36. The van der Waals surface area contributed by atoms with Gasteiger partial charge in [0, 0.05) is 12.1 Å². The maximum absolute atomic E-state index is 5.65. The van der Waals surface area contributed by atoms with Crippen molar-refractivity contribution < 1.29 is 4.74 Å². The molecular weight excluding hydrogens is 334 g/mol. The zero-order chi connectivity index (χ0) is 11.4. The largest absolute Gasteiger partial charge is 0.489 e. The van der Waals surface area contributed by atoms with E-state index in [4.69, 9.17) is 4.74 Å². The second kappa shape index (κ2) is 5.46. The number of aromatic nitrogens is 1.